The Morgan fingerprint density at radius 1 is 1.28 bits per heavy atom. The topological polar surface area (TPSA) is 92.4 Å². The van der Waals surface area contributed by atoms with Gasteiger partial charge in [0.05, 0.1) is 0 Å². The van der Waals surface area contributed by atoms with Gasteiger partial charge < -0.3 is 16.2 Å². The highest BCUT2D eigenvalue weighted by Crippen LogP contribution is 2.32. The van der Waals surface area contributed by atoms with E-state index in [1.807, 2.05) is 6.07 Å². The fourth-order valence-corrected chi connectivity index (χ4v) is 1.87. The SMILES string of the molecule is NC(C(=O)NC(C(=O)O)C1CC1)c1ccccc1. The fraction of sp³-hybridized carbons (Fsp3) is 0.385. The highest BCUT2D eigenvalue weighted by Gasteiger charge is 2.38. The summed E-state index contributed by atoms with van der Waals surface area (Å²) in [6.07, 6.45) is 1.69. The Morgan fingerprint density at radius 3 is 2.39 bits per heavy atom. The van der Waals surface area contributed by atoms with Crippen LogP contribution in [0.3, 0.4) is 0 Å². The van der Waals surface area contributed by atoms with Gasteiger partial charge in [-0.2, -0.15) is 0 Å². The van der Waals surface area contributed by atoms with Crippen molar-refractivity contribution >= 4 is 11.9 Å². The van der Waals surface area contributed by atoms with Gasteiger partial charge in [-0.25, -0.2) is 4.79 Å². The van der Waals surface area contributed by atoms with Crippen LogP contribution in [0.1, 0.15) is 24.4 Å². The maximum atomic E-state index is 11.9. The molecule has 0 aliphatic heterocycles. The van der Waals surface area contributed by atoms with Gasteiger partial charge in [0, 0.05) is 0 Å². The Bertz CT molecular complexity index is 443. The molecular formula is C13H16N2O3. The van der Waals surface area contributed by atoms with Crippen molar-refractivity contribution in [2.45, 2.75) is 24.9 Å². The molecule has 2 rings (SSSR count). The third-order valence-corrected chi connectivity index (χ3v) is 3.10. The molecule has 0 heterocycles. The van der Waals surface area contributed by atoms with Gasteiger partial charge in [-0.15, -0.1) is 0 Å². The van der Waals surface area contributed by atoms with Crippen LogP contribution in [0.25, 0.3) is 0 Å². The molecule has 2 unspecified atom stereocenters. The summed E-state index contributed by atoms with van der Waals surface area (Å²) in [7, 11) is 0. The summed E-state index contributed by atoms with van der Waals surface area (Å²) < 4.78 is 0. The molecule has 1 aliphatic carbocycles. The first-order chi connectivity index (χ1) is 8.59. The molecule has 1 aliphatic rings. The maximum absolute atomic E-state index is 11.9. The van der Waals surface area contributed by atoms with Crippen LogP contribution in [0.4, 0.5) is 0 Å². The lowest BCUT2D eigenvalue weighted by Gasteiger charge is -2.17. The van der Waals surface area contributed by atoms with Crippen LogP contribution in [0.15, 0.2) is 30.3 Å². The lowest BCUT2D eigenvalue weighted by Crippen LogP contribution is -2.46. The van der Waals surface area contributed by atoms with E-state index in [1.165, 1.54) is 0 Å². The highest BCUT2D eigenvalue weighted by molar-refractivity contribution is 5.87. The lowest BCUT2D eigenvalue weighted by molar-refractivity contribution is -0.142. The van der Waals surface area contributed by atoms with E-state index in [0.29, 0.717) is 5.56 Å². The van der Waals surface area contributed by atoms with E-state index >= 15 is 0 Å². The molecule has 5 nitrogen and oxygen atoms in total. The largest absolute Gasteiger partial charge is 0.480 e. The van der Waals surface area contributed by atoms with Crippen molar-refractivity contribution in [2.24, 2.45) is 11.7 Å². The molecule has 2 atom stereocenters. The Balaban J connectivity index is 2.00. The van der Waals surface area contributed by atoms with Crippen LogP contribution in [0.2, 0.25) is 0 Å². The van der Waals surface area contributed by atoms with E-state index in [4.69, 9.17) is 10.8 Å². The second-order valence-corrected chi connectivity index (χ2v) is 4.55. The van der Waals surface area contributed by atoms with Crippen molar-refractivity contribution in [3.63, 3.8) is 0 Å². The molecule has 4 N–H and O–H groups in total. The number of aliphatic carboxylic acids is 1. The molecule has 1 aromatic carbocycles. The van der Waals surface area contributed by atoms with Crippen LogP contribution in [-0.2, 0) is 9.59 Å². The highest BCUT2D eigenvalue weighted by atomic mass is 16.4. The minimum absolute atomic E-state index is 0.0504. The Hall–Kier alpha value is -1.88. The fourth-order valence-electron chi connectivity index (χ4n) is 1.87. The Kier molecular flexibility index (Phi) is 3.62. The summed E-state index contributed by atoms with van der Waals surface area (Å²) in [6.45, 7) is 0. The predicted octanol–water partition coefficient (Wildman–Crippen LogP) is 0.666. The molecule has 0 radical (unpaired) electrons. The standard InChI is InChI=1S/C13H16N2O3/c14-10(8-4-2-1-3-5-8)12(16)15-11(13(17)18)9-6-7-9/h1-5,9-11H,6-7,14H2,(H,15,16)(H,17,18). The molecule has 1 saturated carbocycles. The summed E-state index contributed by atoms with van der Waals surface area (Å²) in [5.74, 6) is -1.39. The van der Waals surface area contributed by atoms with E-state index in [2.05, 4.69) is 5.32 Å². The van der Waals surface area contributed by atoms with Crippen LogP contribution < -0.4 is 11.1 Å². The van der Waals surface area contributed by atoms with Crippen molar-refractivity contribution < 1.29 is 14.7 Å². The number of nitrogens with one attached hydrogen (secondary N) is 1. The molecule has 0 spiro atoms. The quantitative estimate of drug-likeness (QED) is 0.714. The Labute approximate surface area is 105 Å². The molecule has 5 heteroatoms. The number of benzene rings is 1. The van der Waals surface area contributed by atoms with Gasteiger partial charge in [0.25, 0.3) is 0 Å². The van der Waals surface area contributed by atoms with E-state index in [0.717, 1.165) is 12.8 Å². The Morgan fingerprint density at radius 2 is 1.89 bits per heavy atom. The summed E-state index contributed by atoms with van der Waals surface area (Å²) in [5, 5.41) is 11.5. The van der Waals surface area contributed by atoms with E-state index in [-0.39, 0.29) is 5.92 Å². The minimum Gasteiger partial charge on any atom is -0.480 e. The molecule has 1 amide bonds. The van der Waals surface area contributed by atoms with E-state index < -0.39 is 24.0 Å². The molecule has 18 heavy (non-hydrogen) atoms. The summed E-state index contributed by atoms with van der Waals surface area (Å²) in [6, 6.07) is 7.27. The molecule has 0 aromatic heterocycles. The molecular weight excluding hydrogens is 232 g/mol. The molecule has 1 aromatic rings. The first kappa shape index (κ1) is 12.6. The summed E-state index contributed by atoms with van der Waals surface area (Å²) in [5.41, 5.74) is 6.48. The monoisotopic (exact) mass is 248 g/mol. The number of hydrogen-bond donors (Lipinski definition) is 3. The molecule has 0 saturated heterocycles. The minimum atomic E-state index is -0.994. The first-order valence-electron chi connectivity index (χ1n) is 5.93. The number of amides is 1. The zero-order valence-electron chi connectivity index (χ0n) is 9.87. The summed E-state index contributed by atoms with van der Waals surface area (Å²) in [4.78, 5) is 22.9. The van der Waals surface area contributed by atoms with Crippen LogP contribution in [0, 0.1) is 5.92 Å². The number of hydrogen-bond acceptors (Lipinski definition) is 3. The number of nitrogens with two attached hydrogens (primary N) is 1. The lowest BCUT2D eigenvalue weighted by atomic mass is 10.1. The van der Waals surface area contributed by atoms with Gasteiger partial charge in [0.1, 0.15) is 12.1 Å². The van der Waals surface area contributed by atoms with Gasteiger partial charge in [-0.3, -0.25) is 4.79 Å². The van der Waals surface area contributed by atoms with Crippen molar-refractivity contribution in [2.75, 3.05) is 0 Å². The smallest absolute Gasteiger partial charge is 0.326 e. The zero-order valence-corrected chi connectivity index (χ0v) is 9.87. The molecule has 96 valence electrons. The van der Waals surface area contributed by atoms with Crippen molar-refractivity contribution in [3.05, 3.63) is 35.9 Å². The van der Waals surface area contributed by atoms with Crippen molar-refractivity contribution in [3.8, 4) is 0 Å². The normalized spacial score (nSPS) is 17.8. The third kappa shape index (κ3) is 2.87. The predicted molar refractivity (Wildman–Crippen MR) is 65.7 cm³/mol. The summed E-state index contributed by atoms with van der Waals surface area (Å²) >= 11 is 0. The van der Waals surface area contributed by atoms with Crippen molar-refractivity contribution in [1.82, 2.24) is 5.32 Å². The van der Waals surface area contributed by atoms with Gasteiger partial charge >= 0.3 is 5.97 Å². The second kappa shape index (κ2) is 5.18. The number of carboxylic acids is 1. The van der Waals surface area contributed by atoms with E-state index in [9.17, 15) is 9.59 Å². The number of carbonyl (C=O) groups is 2. The van der Waals surface area contributed by atoms with Gasteiger partial charge in [0.2, 0.25) is 5.91 Å². The molecule has 1 fully saturated rings. The third-order valence-electron chi connectivity index (χ3n) is 3.10. The number of carbonyl (C=O) groups excluding carboxylic acids is 1. The number of rotatable bonds is 5. The van der Waals surface area contributed by atoms with Crippen molar-refractivity contribution in [1.29, 1.82) is 0 Å². The van der Waals surface area contributed by atoms with Gasteiger partial charge in [-0.05, 0) is 24.3 Å². The van der Waals surface area contributed by atoms with Crippen LogP contribution in [0.5, 0.6) is 0 Å². The first-order valence-corrected chi connectivity index (χ1v) is 5.93. The van der Waals surface area contributed by atoms with Gasteiger partial charge in [0.15, 0.2) is 0 Å². The second-order valence-electron chi connectivity index (χ2n) is 4.55. The van der Waals surface area contributed by atoms with Crippen LogP contribution >= 0.6 is 0 Å². The number of carboxylic acid groups (broad SMARTS) is 1. The van der Waals surface area contributed by atoms with Crippen LogP contribution in [-0.4, -0.2) is 23.0 Å². The van der Waals surface area contributed by atoms with E-state index in [1.54, 1.807) is 24.3 Å². The maximum Gasteiger partial charge on any atom is 0.326 e. The molecule has 0 bridgehead atoms. The average Bonchev–Trinajstić information content (AvgIpc) is 3.19. The average molecular weight is 248 g/mol. The van der Waals surface area contributed by atoms with Gasteiger partial charge in [-0.1, -0.05) is 30.3 Å². The zero-order chi connectivity index (χ0) is 13.1.